The van der Waals surface area contributed by atoms with Crippen LogP contribution in [0.15, 0.2) is 42.5 Å². The molecule has 0 saturated heterocycles. The van der Waals surface area contributed by atoms with E-state index in [0.29, 0.717) is 16.9 Å². The first-order chi connectivity index (χ1) is 11.0. The van der Waals surface area contributed by atoms with Crippen LogP contribution in [0.1, 0.15) is 29.1 Å². The van der Waals surface area contributed by atoms with Crippen LogP contribution >= 0.6 is 49.6 Å². The van der Waals surface area contributed by atoms with Crippen LogP contribution in [-0.2, 0) is 4.74 Å². The monoisotopic (exact) mass is 457 g/mol. The van der Waals surface area contributed by atoms with E-state index in [1.165, 1.54) is 19.2 Å². The van der Waals surface area contributed by atoms with Gasteiger partial charge in [-0.2, -0.15) is 0 Å². The van der Waals surface area contributed by atoms with Gasteiger partial charge in [0.1, 0.15) is 17.2 Å². The third-order valence-electron chi connectivity index (χ3n) is 3.60. The standard InChI is InChI=1S/C17H16FN3O2.4ClH/c1-10(19)16-20-13-9-8-12(18)14(17(22)23-2)15(13)21(16)11-6-4-3-5-7-11;;;;/h3-10H,19H2,1-2H3;4*1H/t10-;;;;/m0..../s1. The summed E-state index contributed by atoms with van der Waals surface area (Å²) in [6.45, 7) is 1.79. The summed E-state index contributed by atoms with van der Waals surface area (Å²) in [5.41, 5.74) is 7.47. The lowest BCUT2D eigenvalue weighted by atomic mass is 10.1. The van der Waals surface area contributed by atoms with Crippen molar-refractivity contribution >= 4 is 66.6 Å². The van der Waals surface area contributed by atoms with Gasteiger partial charge in [-0.25, -0.2) is 14.2 Å². The van der Waals surface area contributed by atoms with Crippen molar-refractivity contribution in [1.29, 1.82) is 0 Å². The van der Waals surface area contributed by atoms with E-state index in [-0.39, 0.29) is 55.2 Å². The Kier molecular flexibility index (Phi) is 11.6. The van der Waals surface area contributed by atoms with Crippen molar-refractivity contribution in [3.05, 3.63) is 59.7 Å². The molecule has 3 rings (SSSR count). The van der Waals surface area contributed by atoms with E-state index in [9.17, 15) is 9.18 Å². The summed E-state index contributed by atoms with van der Waals surface area (Å²) in [7, 11) is 1.22. The van der Waals surface area contributed by atoms with Crippen molar-refractivity contribution in [3.8, 4) is 5.69 Å². The fraction of sp³-hybridized carbons (Fsp3) is 0.176. The lowest BCUT2D eigenvalue weighted by molar-refractivity contribution is 0.0597. The second-order valence-corrected chi connectivity index (χ2v) is 5.21. The quantitative estimate of drug-likeness (QED) is 0.579. The predicted molar refractivity (Wildman–Crippen MR) is 114 cm³/mol. The van der Waals surface area contributed by atoms with Gasteiger partial charge in [0.05, 0.1) is 24.2 Å². The van der Waals surface area contributed by atoms with Crippen molar-refractivity contribution in [3.63, 3.8) is 0 Å². The molecule has 5 nitrogen and oxygen atoms in total. The lowest BCUT2D eigenvalue weighted by Crippen LogP contribution is -2.14. The second kappa shape index (κ2) is 11.3. The van der Waals surface area contributed by atoms with E-state index in [0.717, 1.165) is 5.69 Å². The molecule has 0 aliphatic carbocycles. The van der Waals surface area contributed by atoms with Crippen molar-refractivity contribution < 1.29 is 13.9 Å². The summed E-state index contributed by atoms with van der Waals surface area (Å²) >= 11 is 0. The fourth-order valence-corrected chi connectivity index (χ4v) is 2.60. The molecular formula is C17H20Cl4FN3O2. The van der Waals surface area contributed by atoms with E-state index in [1.54, 1.807) is 11.5 Å². The number of carbonyl (C=O) groups is 1. The van der Waals surface area contributed by atoms with Crippen molar-refractivity contribution in [2.24, 2.45) is 5.73 Å². The van der Waals surface area contributed by atoms with Crippen molar-refractivity contribution in [1.82, 2.24) is 9.55 Å². The molecular weight excluding hydrogens is 439 g/mol. The van der Waals surface area contributed by atoms with E-state index >= 15 is 0 Å². The predicted octanol–water partition coefficient (Wildman–Crippen LogP) is 4.66. The van der Waals surface area contributed by atoms with Crippen LogP contribution in [0.2, 0.25) is 0 Å². The zero-order valence-electron chi connectivity index (χ0n) is 14.4. The number of benzene rings is 2. The van der Waals surface area contributed by atoms with Gasteiger partial charge in [0.2, 0.25) is 0 Å². The highest BCUT2D eigenvalue weighted by molar-refractivity contribution is 6.03. The number of fused-ring (bicyclic) bond motifs is 1. The van der Waals surface area contributed by atoms with Gasteiger partial charge in [-0.05, 0) is 31.2 Å². The fourth-order valence-electron chi connectivity index (χ4n) is 2.60. The van der Waals surface area contributed by atoms with E-state index in [4.69, 9.17) is 10.5 Å². The molecule has 10 heteroatoms. The molecule has 1 aromatic heterocycles. The molecule has 0 spiro atoms. The first kappa shape index (κ1) is 27.6. The summed E-state index contributed by atoms with van der Waals surface area (Å²) in [6, 6.07) is 11.6. The van der Waals surface area contributed by atoms with E-state index in [2.05, 4.69) is 4.98 Å². The molecule has 1 atom stereocenters. The Bertz CT molecular complexity index is 889. The molecule has 0 amide bonds. The number of carbonyl (C=O) groups excluding carboxylic acids is 1. The van der Waals surface area contributed by atoms with Gasteiger partial charge in [-0.1, -0.05) is 18.2 Å². The van der Waals surface area contributed by atoms with Gasteiger partial charge in [-0.3, -0.25) is 4.57 Å². The first-order valence-electron chi connectivity index (χ1n) is 7.14. The summed E-state index contributed by atoms with van der Waals surface area (Å²) in [4.78, 5) is 16.5. The van der Waals surface area contributed by atoms with Crippen LogP contribution in [0, 0.1) is 5.82 Å². The molecule has 0 saturated carbocycles. The Labute approximate surface area is 181 Å². The number of halogens is 5. The average molecular weight is 459 g/mol. The van der Waals surface area contributed by atoms with Gasteiger partial charge in [-0.15, -0.1) is 49.6 Å². The molecule has 150 valence electrons. The topological polar surface area (TPSA) is 70.1 Å². The molecule has 27 heavy (non-hydrogen) atoms. The number of para-hydroxylation sites is 1. The lowest BCUT2D eigenvalue weighted by Gasteiger charge is -2.13. The maximum absolute atomic E-state index is 14.3. The van der Waals surface area contributed by atoms with Crippen LogP contribution < -0.4 is 5.73 Å². The van der Waals surface area contributed by atoms with Gasteiger partial charge < -0.3 is 10.5 Å². The van der Waals surface area contributed by atoms with Crippen LogP contribution in [0.3, 0.4) is 0 Å². The normalized spacial score (nSPS) is 10.5. The second-order valence-electron chi connectivity index (χ2n) is 5.21. The molecule has 0 unspecified atom stereocenters. The number of nitrogens with zero attached hydrogens (tertiary/aromatic N) is 2. The Morgan fingerprint density at radius 1 is 1.11 bits per heavy atom. The molecule has 2 N–H and O–H groups in total. The maximum atomic E-state index is 14.3. The largest absolute Gasteiger partial charge is 0.465 e. The Morgan fingerprint density at radius 3 is 2.22 bits per heavy atom. The Balaban J connectivity index is 0. The minimum absolute atomic E-state index is 0. The van der Waals surface area contributed by atoms with Crippen molar-refractivity contribution in [2.45, 2.75) is 13.0 Å². The van der Waals surface area contributed by atoms with Crippen molar-refractivity contribution in [2.75, 3.05) is 7.11 Å². The summed E-state index contributed by atoms with van der Waals surface area (Å²) in [6.07, 6.45) is 0. The maximum Gasteiger partial charge on any atom is 0.343 e. The molecule has 0 radical (unpaired) electrons. The minimum Gasteiger partial charge on any atom is -0.465 e. The summed E-state index contributed by atoms with van der Waals surface area (Å²) < 4.78 is 20.7. The molecule has 0 aliphatic heterocycles. The third kappa shape index (κ3) is 5.03. The summed E-state index contributed by atoms with van der Waals surface area (Å²) in [5.74, 6) is -0.860. The van der Waals surface area contributed by atoms with E-state index in [1.807, 2.05) is 30.3 Å². The van der Waals surface area contributed by atoms with Gasteiger partial charge in [0, 0.05) is 5.69 Å². The number of rotatable bonds is 3. The highest BCUT2D eigenvalue weighted by Crippen LogP contribution is 2.29. The number of esters is 1. The SMILES string of the molecule is COC(=O)c1c(F)ccc2nc([C@H](C)N)n(-c3ccccc3)c12.Cl.Cl.Cl.Cl. The number of hydrogen-bond donors (Lipinski definition) is 1. The van der Waals surface area contributed by atoms with Gasteiger partial charge in [0.15, 0.2) is 0 Å². The number of aromatic nitrogens is 2. The average Bonchev–Trinajstić information content (AvgIpc) is 2.94. The Morgan fingerprint density at radius 2 is 1.70 bits per heavy atom. The highest BCUT2D eigenvalue weighted by Gasteiger charge is 2.24. The molecule has 1 heterocycles. The molecule has 0 bridgehead atoms. The molecule has 0 aliphatic rings. The molecule has 3 aromatic rings. The molecule has 2 aromatic carbocycles. The van der Waals surface area contributed by atoms with Crippen LogP contribution in [0.25, 0.3) is 16.7 Å². The number of imidazole rings is 1. The first-order valence-corrected chi connectivity index (χ1v) is 7.14. The summed E-state index contributed by atoms with van der Waals surface area (Å²) in [5, 5.41) is 0. The van der Waals surface area contributed by atoms with E-state index < -0.39 is 17.8 Å². The highest BCUT2D eigenvalue weighted by atomic mass is 35.5. The number of ether oxygens (including phenoxy) is 1. The zero-order chi connectivity index (χ0) is 16.6. The molecule has 0 fully saturated rings. The Hall–Kier alpha value is -1.57. The van der Waals surface area contributed by atoms with Gasteiger partial charge in [0.25, 0.3) is 0 Å². The number of nitrogens with two attached hydrogens (primary N) is 1. The number of hydrogen-bond acceptors (Lipinski definition) is 4. The van der Waals surface area contributed by atoms with Crippen LogP contribution in [0.4, 0.5) is 4.39 Å². The smallest absolute Gasteiger partial charge is 0.343 e. The zero-order valence-corrected chi connectivity index (χ0v) is 17.7. The van der Waals surface area contributed by atoms with Gasteiger partial charge >= 0.3 is 5.97 Å². The third-order valence-corrected chi connectivity index (χ3v) is 3.60. The number of methoxy groups -OCH3 is 1. The minimum atomic E-state index is -0.749. The van der Waals surface area contributed by atoms with Crippen LogP contribution in [-0.4, -0.2) is 22.6 Å². The van der Waals surface area contributed by atoms with Crippen LogP contribution in [0.5, 0.6) is 0 Å².